The average Bonchev–Trinajstić information content (AvgIpc) is 2.57. The lowest BCUT2D eigenvalue weighted by molar-refractivity contribution is 0.117. The van der Waals surface area contributed by atoms with Gasteiger partial charge in [0, 0.05) is 44.8 Å². The van der Waals surface area contributed by atoms with Crippen LogP contribution in [0.3, 0.4) is 0 Å². The molecule has 1 aromatic rings. The Hall–Kier alpha value is -1.66. The smallest absolute Gasteiger partial charge is 0.318 e. The van der Waals surface area contributed by atoms with Gasteiger partial charge < -0.3 is 15.1 Å². The van der Waals surface area contributed by atoms with Crippen LogP contribution in [0, 0.1) is 5.82 Å². The highest BCUT2D eigenvalue weighted by atomic mass is 19.1. The van der Waals surface area contributed by atoms with E-state index < -0.39 is 0 Å². The van der Waals surface area contributed by atoms with Crippen LogP contribution in [0.15, 0.2) is 18.2 Å². The predicted molar refractivity (Wildman–Crippen MR) is 102 cm³/mol. The molecule has 1 unspecified atom stereocenters. The molecular formula is C20H31FN4O. The molecular weight excluding hydrogens is 331 g/mol. The molecule has 2 heterocycles. The highest BCUT2D eigenvalue weighted by Crippen LogP contribution is 2.30. The molecule has 0 radical (unpaired) electrons. The number of piperazine rings is 1. The van der Waals surface area contributed by atoms with Crippen molar-refractivity contribution in [2.75, 3.05) is 46.3 Å². The van der Waals surface area contributed by atoms with Gasteiger partial charge in [0.2, 0.25) is 0 Å². The van der Waals surface area contributed by atoms with Crippen LogP contribution in [0.25, 0.3) is 0 Å². The van der Waals surface area contributed by atoms with Gasteiger partial charge in [0.05, 0.1) is 6.04 Å². The monoisotopic (exact) mass is 362 g/mol. The van der Waals surface area contributed by atoms with Crippen molar-refractivity contribution in [3.05, 3.63) is 35.1 Å². The number of fused-ring (bicyclic) bond motifs is 1. The molecule has 144 valence electrons. The van der Waals surface area contributed by atoms with E-state index in [9.17, 15) is 9.18 Å². The van der Waals surface area contributed by atoms with E-state index in [1.54, 1.807) is 6.07 Å². The van der Waals surface area contributed by atoms with Crippen molar-refractivity contribution in [2.45, 2.75) is 38.8 Å². The van der Waals surface area contributed by atoms with Crippen LogP contribution in [0.1, 0.15) is 37.9 Å². The van der Waals surface area contributed by atoms with E-state index in [0.717, 1.165) is 50.3 Å². The number of benzene rings is 1. The molecule has 2 aliphatic heterocycles. The summed E-state index contributed by atoms with van der Waals surface area (Å²) in [6.45, 7) is 11.8. The van der Waals surface area contributed by atoms with Crippen molar-refractivity contribution in [1.29, 1.82) is 0 Å². The summed E-state index contributed by atoms with van der Waals surface area (Å²) in [6, 6.07) is 4.73. The van der Waals surface area contributed by atoms with Crippen molar-refractivity contribution < 1.29 is 9.18 Å². The van der Waals surface area contributed by atoms with Gasteiger partial charge >= 0.3 is 6.03 Å². The van der Waals surface area contributed by atoms with Crippen LogP contribution in [-0.4, -0.2) is 72.6 Å². The number of nitrogens with zero attached hydrogens (tertiary/aromatic N) is 3. The molecule has 0 bridgehead atoms. The van der Waals surface area contributed by atoms with Crippen LogP contribution < -0.4 is 5.32 Å². The standard InChI is InChI=1S/C20H31FN4O/c1-15-18-13-17(21)6-5-16(18)7-8-25(15)19(26)22-20(2,3)14-24-11-9-23(4)10-12-24/h5-6,13,15H,7-12,14H2,1-4H3,(H,22,26). The molecule has 1 aromatic carbocycles. The van der Waals surface area contributed by atoms with Gasteiger partial charge in [-0.25, -0.2) is 9.18 Å². The minimum Gasteiger partial charge on any atom is -0.332 e. The number of hydrogen-bond donors (Lipinski definition) is 1. The largest absolute Gasteiger partial charge is 0.332 e. The quantitative estimate of drug-likeness (QED) is 0.898. The lowest BCUT2D eigenvalue weighted by Crippen LogP contribution is -2.58. The Labute approximate surface area is 156 Å². The van der Waals surface area contributed by atoms with E-state index >= 15 is 0 Å². The third-order valence-corrected chi connectivity index (χ3v) is 5.57. The number of rotatable bonds is 3. The second-order valence-corrected chi connectivity index (χ2v) is 8.36. The van der Waals surface area contributed by atoms with Crippen LogP contribution in [-0.2, 0) is 6.42 Å². The first-order valence-corrected chi connectivity index (χ1v) is 9.53. The molecule has 0 saturated carbocycles. The highest BCUT2D eigenvalue weighted by Gasteiger charge is 2.32. The number of carbonyl (C=O) groups is 1. The van der Waals surface area contributed by atoms with E-state index in [-0.39, 0.29) is 23.4 Å². The first-order valence-electron chi connectivity index (χ1n) is 9.53. The molecule has 3 rings (SSSR count). The number of urea groups is 1. The summed E-state index contributed by atoms with van der Waals surface area (Å²) >= 11 is 0. The third-order valence-electron chi connectivity index (χ3n) is 5.57. The SMILES string of the molecule is CC1c2cc(F)ccc2CCN1C(=O)NC(C)(C)CN1CCN(C)CC1. The number of halogens is 1. The van der Waals surface area contributed by atoms with Crippen molar-refractivity contribution in [1.82, 2.24) is 20.0 Å². The molecule has 5 nitrogen and oxygen atoms in total. The number of likely N-dealkylation sites (N-methyl/N-ethyl adjacent to an activating group) is 1. The Bertz CT molecular complexity index is 655. The zero-order valence-electron chi connectivity index (χ0n) is 16.4. The first-order chi connectivity index (χ1) is 12.2. The van der Waals surface area contributed by atoms with E-state index in [0.29, 0.717) is 6.54 Å². The summed E-state index contributed by atoms with van der Waals surface area (Å²) < 4.78 is 13.6. The van der Waals surface area contributed by atoms with Gasteiger partial charge in [0.25, 0.3) is 0 Å². The maximum absolute atomic E-state index is 13.6. The lowest BCUT2D eigenvalue weighted by atomic mass is 9.93. The summed E-state index contributed by atoms with van der Waals surface area (Å²) in [7, 11) is 2.14. The highest BCUT2D eigenvalue weighted by molar-refractivity contribution is 5.76. The Morgan fingerprint density at radius 3 is 2.62 bits per heavy atom. The second kappa shape index (κ2) is 7.53. The van der Waals surface area contributed by atoms with Gasteiger partial charge in [-0.15, -0.1) is 0 Å². The maximum Gasteiger partial charge on any atom is 0.318 e. The third kappa shape index (κ3) is 4.35. The summed E-state index contributed by atoms with van der Waals surface area (Å²) in [5, 5.41) is 3.20. The van der Waals surface area contributed by atoms with Gasteiger partial charge in [0.15, 0.2) is 0 Å². The zero-order valence-corrected chi connectivity index (χ0v) is 16.4. The minimum atomic E-state index is -0.311. The molecule has 1 atom stereocenters. The predicted octanol–water partition coefficient (Wildman–Crippen LogP) is 2.48. The Morgan fingerprint density at radius 1 is 1.23 bits per heavy atom. The van der Waals surface area contributed by atoms with Crippen molar-refractivity contribution >= 4 is 6.03 Å². The van der Waals surface area contributed by atoms with Gasteiger partial charge in [-0.3, -0.25) is 4.90 Å². The van der Waals surface area contributed by atoms with Crippen LogP contribution in [0.5, 0.6) is 0 Å². The molecule has 0 spiro atoms. The van der Waals surface area contributed by atoms with Crippen molar-refractivity contribution in [3.63, 3.8) is 0 Å². The number of amides is 2. The van der Waals surface area contributed by atoms with E-state index in [4.69, 9.17) is 0 Å². The normalized spacial score (nSPS) is 22.2. The first kappa shape index (κ1) is 19.1. The van der Waals surface area contributed by atoms with Gasteiger partial charge in [-0.05, 0) is 57.5 Å². The topological polar surface area (TPSA) is 38.8 Å². The van der Waals surface area contributed by atoms with E-state index in [1.165, 1.54) is 6.07 Å². The van der Waals surface area contributed by atoms with Gasteiger partial charge in [0.1, 0.15) is 5.82 Å². The van der Waals surface area contributed by atoms with Crippen molar-refractivity contribution in [2.24, 2.45) is 0 Å². The van der Waals surface area contributed by atoms with Crippen LogP contribution >= 0.6 is 0 Å². The fourth-order valence-corrected chi connectivity index (χ4v) is 4.03. The van der Waals surface area contributed by atoms with Gasteiger partial charge in [-0.2, -0.15) is 0 Å². The molecule has 0 aliphatic carbocycles. The molecule has 2 amide bonds. The Morgan fingerprint density at radius 2 is 1.92 bits per heavy atom. The summed E-state index contributed by atoms with van der Waals surface area (Å²) in [4.78, 5) is 19.5. The van der Waals surface area contributed by atoms with Crippen LogP contribution in [0.4, 0.5) is 9.18 Å². The lowest BCUT2D eigenvalue weighted by Gasteiger charge is -2.41. The summed E-state index contributed by atoms with van der Waals surface area (Å²) in [5.41, 5.74) is 1.75. The molecule has 1 fully saturated rings. The minimum absolute atomic E-state index is 0.0634. The Kier molecular flexibility index (Phi) is 5.53. The van der Waals surface area contributed by atoms with Crippen molar-refractivity contribution in [3.8, 4) is 0 Å². The van der Waals surface area contributed by atoms with Crippen LogP contribution in [0.2, 0.25) is 0 Å². The zero-order chi connectivity index (χ0) is 18.9. The van der Waals surface area contributed by atoms with E-state index in [2.05, 4.69) is 36.0 Å². The molecule has 2 aliphatic rings. The molecule has 1 N–H and O–H groups in total. The fourth-order valence-electron chi connectivity index (χ4n) is 4.03. The fraction of sp³-hybridized carbons (Fsp3) is 0.650. The number of nitrogens with one attached hydrogen (secondary N) is 1. The van der Waals surface area contributed by atoms with Gasteiger partial charge in [-0.1, -0.05) is 6.07 Å². The molecule has 1 saturated heterocycles. The maximum atomic E-state index is 13.6. The second-order valence-electron chi connectivity index (χ2n) is 8.36. The molecule has 26 heavy (non-hydrogen) atoms. The summed E-state index contributed by atoms with van der Waals surface area (Å²) in [5.74, 6) is -0.242. The number of carbonyl (C=O) groups excluding carboxylic acids is 1. The molecule has 0 aromatic heterocycles. The molecule has 6 heteroatoms. The Balaban J connectivity index is 1.62. The van der Waals surface area contributed by atoms with E-state index in [1.807, 2.05) is 17.9 Å². The number of hydrogen-bond acceptors (Lipinski definition) is 3. The average molecular weight is 362 g/mol. The summed E-state index contributed by atoms with van der Waals surface area (Å²) in [6.07, 6.45) is 0.770.